The Morgan fingerprint density at radius 1 is 1.52 bits per heavy atom. The van der Waals surface area contributed by atoms with Crippen LogP contribution in [-0.4, -0.2) is 40.1 Å². The van der Waals surface area contributed by atoms with Crippen molar-refractivity contribution in [2.24, 2.45) is 5.92 Å². The second-order valence-corrected chi connectivity index (χ2v) is 6.61. The van der Waals surface area contributed by atoms with E-state index in [9.17, 15) is 4.79 Å². The topological polar surface area (TPSA) is 47.4 Å². The van der Waals surface area contributed by atoms with E-state index in [1.165, 1.54) is 0 Å². The van der Waals surface area contributed by atoms with Gasteiger partial charge in [-0.1, -0.05) is 6.07 Å². The third kappa shape index (κ3) is 4.09. The number of carbonyl (C=O) groups is 1. The molecule has 122 valence electrons. The molecule has 23 heavy (non-hydrogen) atoms. The van der Waals surface area contributed by atoms with Crippen molar-refractivity contribution in [3.63, 3.8) is 0 Å². The zero-order valence-corrected chi connectivity index (χ0v) is 14.0. The van der Waals surface area contributed by atoms with Gasteiger partial charge in [-0.15, -0.1) is 11.3 Å². The number of amides is 1. The number of rotatable bonds is 5. The first kappa shape index (κ1) is 16.0. The molecule has 1 unspecified atom stereocenters. The largest absolute Gasteiger partial charge is 0.381 e. The fraction of sp³-hybridized carbons (Fsp3) is 0.412. The van der Waals surface area contributed by atoms with Crippen LogP contribution in [0, 0.1) is 5.92 Å². The third-order valence-electron chi connectivity index (χ3n) is 3.89. The lowest BCUT2D eigenvalue weighted by Crippen LogP contribution is -2.34. The quantitative estimate of drug-likeness (QED) is 0.792. The fourth-order valence-corrected chi connectivity index (χ4v) is 3.37. The summed E-state index contributed by atoms with van der Waals surface area (Å²) in [4.78, 5) is 19.7. The summed E-state index contributed by atoms with van der Waals surface area (Å²) in [6.45, 7) is 5.48. The van der Waals surface area contributed by atoms with Gasteiger partial charge in [-0.3, -0.25) is 4.79 Å². The number of thiophene rings is 1. The molecule has 0 N–H and O–H groups in total. The number of fused-ring (bicyclic) bond motifs is 1. The van der Waals surface area contributed by atoms with Gasteiger partial charge in [0.25, 0.3) is 0 Å². The van der Waals surface area contributed by atoms with Crippen molar-refractivity contribution in [2.45, 2.75) is 20.0 Å². The standard InChI is InChI=1S/C17H21N3O2S/c1-2-22-12-14-9-19(11-15-8-18-13-20(15)10-14)17(21)6-5-16-4-3-7-23-16/h3-8,13-14H,2,9-12H2,1H3/b6-5+. The minimum atomic E-state index is 0.0366. The molecule has 1 atom stereocenters. The first-order chi connectivity index (χ1) is 11.3. The van der Waals surface area contributed by atoms with Crippen LogP contribution in [0.5, 0.6) is 0 Å². The summed E-state index contributed by atoms with van der Waals surface area (Å²) in [7, 11) is 0. The minimum absolute atomic E-state index is 0.0366. The van der Waals surface area contributed by atoms with Gasteiger partial charge in [-0.2, -0.15) is 0 Å². The average Bonchev–Trinajstić information content (AvgIpc) is 3.19. The zero-order chi connectivity index (χ0) is 16.1. The van der Waals surface area contributed by atoms with Gasteiger partial charge in [-0.05, 0) is 24.4 Å². The molecule has 0 aliphatic carbocycles. The molecule has 3 rings (SSSR count). The van der Waals surface area contributed by atoms with Crippen LogP contribution >= 0.6 is 11.3 Å². The van der Waals surface area contributed by atoms with Crippen LogP contribution in [-0.2, 0) is 22.6 Å². The molecule has 0 spiro atoms. The van der Waals surface area contributed by atoms with Gasteiger partial charge in [0.05, 0.1) is 25.2 Å². The van der Waals surface area contributed by atoms with Crippen molar-refractivity contribution in [3.05, 3.63) is 46.7 Å². The van der Waals surface area contributed by atoms with Crippen LogP contribution in [0.3, 0.4) is 0 Å². The molecule has 0 aromatic carbocycles. The molecule has 0 saturated carbocycles. The number of nitrogens with zero attached hydrogens (tertiary/aromatic N) is 3. The van der Waals surface area contributed by atoms with E-state index in [4.69, 9.17) is 4.74 Å². The number of aromatic nitrogens is 2. The Kier molecular flexibility index (Phi) is 5.25. The maximum atomic E-state index is 12.6. The fourth-order valence-electron chi connectivity index (χ4n) is 2.75. The molecule has 5 nitrogen and oxygen atoms in total. The Morgan fingerprint density at radius 2 is 2.43 bits per heavy atom. The average molecular weight is 331 g/mol. The second-order valence-electron chi connectivity index (χ2n) is 5.63. The van der Waals surface area contributed by atoms with Gasteiger partial charge in [0.1, 0.15) is 0 Å². The third-order valence-corrected chi connectivity index (χ3v) is 4.73. The predicted octanol–water partition coefficient (Wildman–Crippen LogP) is 2.65. The van der Waals surface area contributed by atoms with Gasteiger partial charge < -0.3 is 14.2 Å². The Bertz CT molecular complexity index is 663. The number of ether oxygens (including phenoxy) is 1. The Balaban J connectivity index is 1.73. The van der Waals surface area contributed by atoms with Crippen molar-refractivity contribution in [2.75, 3.05) is 19.8 Å². The number of hydrogen-bond donors (Lipinski definition) is 0. The van der Waals surface area contributed by atoms with E-state index in [1.807, 2.05) is 47.9 Å². The van der Waals surface area contributed by atoms with Crippen LogP contribution in [0.1, 0.15) is 17.5 Å². The Morgan fingerprint density at radius 3 is 3.22 bits per heavy atom. The van der Waals surface area contributed by atoms with E-state index in [-0.39, 0.29) is 11.8 Å². The van der Waals surface area contributed by atoms with Crippen molar-refractivity contribution < 1.29 is 9.53 Å². The lowest BCUT2D eigenvalue weighted by molar-refractivity contribution is -0.127. The Labute approximate surface area is 140 Å². The summed E-state index contributed by atoms with van der Waals surface area (Å²) < 4.78 is 7.70. The lowest BCUT2D eigenvalue weighted by atomic mass is 10.1. The maximum absolute atomic E-state index is 12.6. The molecule has 0 radical (unpaired) electrons. The molecule has 1 amide bonds. The highest BCUT2D eigenvalue weighted by molar-refractivity contribution is 7.10. The number of hydrogen-bond acceptors (Lipinski definition) is 4. The van der Waals surface area contributed by atoms with E-state index in [2.05, 4.69) is 9.55 Å². The monoisotopic (exact) mass is 331 g/mol. The van der Waals surface area contributed by atoms with Gasteiger partial charge in [0, 0.05) is 42.8 Å². The van der Waals surface area contributed by atoms with E-state index in [0.717, 1.165) is 17.1 Å². The van der Waals surface area contributed by atoms with Crippen LogP contribution in [0.15, 0.2) is 36.1 Å². The summed E-state index contributed by atoms with van der Waals surface area (Å²) in [5.41, 5.74) is 1.07. The summed E-state index contributed by atoms with van der Waals surface area (Å²) in [6.07, 6.45) is 7.22. The normalized spacial score (nSPS) is 18.1. The number of carbonyl (C=O) groups excluding carboxylic acids is 1. The highest BCUT2D eigenvalue weighted by Crippen LogP contribution is 2.18. The van der Waals surface area contributed by atoms with Gasteiger partial charge in [-0.25, -0.2) is 4.98 Å². The van der Waals surface area contributed by atoms with Gasteiger partial charge >= 0.3 is 0 Å². The molecular weight excluding hydrogens is 310 g/mol. The summed E-state index contributed by atoms with van der Waals surface area (Å²) in [6, 6.07) is 3.99. The molecule has 1 aliphatic heterocycles. The smallest absolute Gasteiger partial charge is 0.246 e. The SMILES string of the molecule is CCOCC1CN(C(=O)/C=C/c2cccs2)Cc2cncn2C1. The Hall–Kier alpha value is -1.92. The van der Waals surface area contributed by atoms with E-state index >= 15 is 0 Å². The lowest BCUT2D eigenvalue weighted by Gasteiger charge is -2.22. The molecule has 0 fully saturated rings. The summed E-state index contributed by atoms with van der Waals surface area (Å²) in [5.74, 6) is 0.319. The van der Waals surface area contributed by atoms with E-state index in [0.29, 0.717) is 26.3 Å². The molecular formula is C17H21N3O2S. The van der Waals surface area contributed by atoms with Gasteiger partial charge in [0.2, 0.25) is 5.91 Å². The van der Waals surface area contributed by atoms with Crippen LogP contribution in [0.25, 0.3) is 6.08 Å². The minimum Gasteiger partial charge on any atom is -0.381 e. The molecule has 3 heterocycles. The zero-order valence-electron chi connectivity index (χ0n) is 13.2. The van der Waals surface area contributed by atoms with Crippen molar-refractivity contribution in [1.29, 1.82) is 0 Å². The molecule has 2 aromatic rings. The van der Waals surface area contributed by atoms with Crippen molar-refractivity contribution >= 4 is 23.3 Å². The van der Waals surface area contributed by atoms with E-state index < -0.39 is 0 Å². The van der Waals surface area contributed by atoms with Crippen LogP contribution in [0.4, 0.5) is 0 Å². The second kappa shape index (κ2) is 7.57. The molecule has 2 aromatic heterocycles. The summed E-state index contributed by atoms with van der Waals surface area (Å²) in [5, 5.41) is 2.01. The highest BCUT2D eigenvalue weighted by atomic mass is 32.1. The van der Waals surface area contributed by atoms with Crippen molar-refractivity contribution in [1.82, 2.24) is 14.5 Å². The highest BCUT2D eigenvalue weighted by Gasteiger charge is 2.24. The predicted molar refractivity (Wildman–Crippen MR) is 91.0 cm³/mol. The first-order valence-electron chi connectivity index (χ1n) is 7.83. The van der Waals surface area contributed by atoms with Gasteiger partial charge in [0.15, 0.2) is 0 Å². The van der Waals surface area contributed by atoms with Crippen LogP contribution < -0.4 is 0 Å². The van der Waals surface area contributed by atoms with Crippen LogP contribution in [0.2, 0.25) is 0 Å². The summed E-state index contributed by atoms with van der Waals surface area (Å²) >= 11 is 1.63. The molecule has 6 heteroatoms. The maximum Gasteiger partial charge on any atom is 0.246 e. The molecule has 0 saturated heterocycles. The molecule has 0 bridgehead atoms. The van der Waals surface area contributed by atoms with E-state index in [1.54, 1.807) is 17.4 Å². The van der Waals surface area contributed by atoms with Crippen molar-refractivity contribution in [3.8, 4) is 0 Å². The molecule has 1 aliphatic rings. The number of imidazole rings is 1. The first-order valence-corrected chi connectivity index (χ1v) is 8.71.